The van der Waals surface area contributed by atoms with Crippen molar-refractivity contribution >= 4 is 6.09 Å². The lowest BCUT2D eigenvalue weighted by molar-refractivity contribution is 0.126. The van der Waals surface area contributed by atoms with E-state index in [1.165, 1.54) is 0 Å². The molecule has 4 nitrogen and oxygen atoms in total. The van der Waals surface area contributed by atoms with Gasteiger partial charge in [0.05, 0.1) is 6.04 Å². The highest BCUT2D eigenvalue weighted by atomic mass is 16.6. The molecular formula is C20H21NO3. The SMILES string of the molecule is C=C(C)C1=CCC(c2ccc(C)o2)N(C(=O)Oc2ccccc2)C1. The van der Waals surface area contributed by atoms with Gasteiger partial charge in [0.1, 0.15) is 17.3 Å². The number of hydrogen-bond donors (Lipinski definition) is 0. The Kier molecular flexibility index (Phi) is 4.56. The second kappa shape index (κ2) is 6.79. The first-order valence-corrected chi connectivity index (χ1v) is 7.99. The Balaban J connectivity index is 1.86. The molecule has 3 rings (SSSR count). The van der Waals surface area contributed by atoms with E-state index >= 15 is 0 Å². The van der Waals surface area contributed by atoms with Crippen LogP contribution in [0.5, 0.6) is 5.75 Å². The number of aryl methyl sites for hydroxylation is 1. The van der Waals surface area contributed by atoms with E-state index in [0.717, 1.165) is 22.7 Å². The van der Waals surface area contributed by atoms with Crippen LogP contribution in [-0.2, 0) is 0 Å². The van der Waals surface area contributed by atoms with Crippen molar-refractivity contribution in [3.05, 3.63) is 77.8 Å². The van der Waals surface area contributed by atoms with E-state index in [4.69, 9.17) is 9.15 Å². The number of hydrogen-bond acceptors (Lipinski definition) is 3. The first-order chi connectivity index (χ1) is 11.5. The summed E-state index contributed by atoms with van der Waals surface area (Å²) in [6, 6.07) is 12.8. The van der Waals surface area contributed by atoms with E-state index < -0.39 is 0 Å². The minimum atomic E-state index is -0.382. The zero-order valence-corrected chi connectivity index (χ0v) is 14.0. The van der Waals surface area contributed by atoms with Crippen LogP contribution in [0.15, 0.2) is 70.7 Å². The summed E-state index contributed by atoms with van der Waals surface area (Å²) in [6.07, 6.45) is 2.42. The summed E-state index contributed by atoms with van der Waals surface area (Å²) in [5.74, 6) is 2.13. The van der Waals surface area contributed by atoms with Crippen LogP contribution in [0, 0.1) is 6.92 Å². The molecule has 4 heteroatoms. The molecule has 0 saturated carbocycles. The van der Waals surface area contributed by atoms with Crippen molar-refractivity contribution < 1.29 is 13.9 Å². The van der Waals surface area contributed by atoms with E-state index in [1.54, 1.807) is 17.0 Å². The Morgan fingerprint density at radius 2 is 2.00 bits per heavy atom. The topological polar surface area (TPSA) is 42.7 Å². The molecule has 2 heterocycles. The highest BCUT2D eigenvalue weighted by molar-refractivity contribution is 5.72. The molecule has 1 aromatic carbocycles. The molecule has 24 heavy (non-hydrogen) atoms. The summed E-state index contributed by atoms with van der Waals surface area (Å²) >= 11 is 0. The van der Waals surface area contributed by atoms with Crippen LogP contribution in [0.4, 0.5) is 4.79 Å². The van der Waals surface area contributed by atoms with Crippen LogP contribution in [0.2, 0.25) is 0 Å². The van der Waals surface area contributed by atoms with Gasteiger partial charge >= 0.3 is 6.09 Å². The standard InChI is InChI=1S/C20H21NO3/c1-14(2)16-10-11-18(19-12-9-15(3)23-19)21(13-16)20(22)24-17-7-5-4-6-8-17/h4-10,12,18H,1,11,13H2,2-3H3. The molecule has 0 bridgehead atoms. The number of carbonyl (C=O) groups is 1. The molecule has 0 fully saturated rings. The Bertz CT molecular complexity index is 773. The van der Waals surface area contributed by atoms with Gasteiger partial charge in [-0.3, -0.25) is 4.90 Å². The molecule has 1 atom stereocenters. The lowest BCUT2D eigenvalue weighted by Crippen LogP contribution is -2.40. The smallest absolute Gasteiger partial charge is 0.416 e. The molecule has 1 amide bonds. The van der Waals surface area contributed by atoms with E-state index in [2.05, 4.69) is 12.7 Å². The van der Waals surface area contributed by atoms with Gasteiger partial charge < -0.3 is 9.15 Å². The predicted octanol–water partition coefficient (Wildman–Crippen LogP) is 5.04. The lowest BCUT2D eigenvalue weighted by atomic mass is 9.97. The maximum atomic E-state index is 12.7. The molecule has 0 aliphatic carbocycles. The van der Waals surface area contributed by atoms with Crippen LogP contribution < -0.4 is 4.74 Å². The average Bonchev–Trinajstić information content (AvgIpc) is 3.01. The van der Waals surface area contributed by atoms with Gasteiger partial charge in [0.15, 0.2) is 0 Å². The van der Waals surface area contributed by atoms with Crippen molar-refractivity contribution in [2.45, 2.75) is 26.3 Å². The van der Waals surface area contributed by atoms with Crippen LogP contribution in [-0.4, -0.2) is 17.5 Å². The number of rotatable bonds is 3. The van der Waals surface area contributed by atoms with Crippen molar-refractivity contribution in [3.63, 3.8) is 0 Å². The zero-order valence-electron chi connectivity index (χ0n) is 14.0. The minimum absolute atomic E-state index is 0.169. The van der Waals surface area contributed by atoms with Crippen LogP contribution in [0.3, 0.4) is 0 Å². The lowest BCUT2D eigenvalue weighted by Gasteiger charge is -2.33. The quantitative estimate of drug-likeness (QED) is 0.795. The first-order valence-electron chi connectivity index (χ1n) is 7.99. The molecule has 1 aromatic heterocycles. The maximum Gasteiger partial charge on any atom is 0.416 e. The number of benzene rings is 1. The second-order valence-corrected chi connectivity index (χ2v) is 6.02. The summed E-state index contributed by atoms with van der Waals surface area (Å²) in [6.45, 7) is 8.30. The summed E-state index contributed by atoms with van der Waals surface area (Å²) in [5.41, 5.74) is 2.01. The maximum absolute atomic E-state index is 12.7. The molecular weight excluding hydrogens is 302 g/mol. The Morgan fingerprint density at radius 3 is 2.62 bits per heavy atom. The van der Waals surface area contributed by atoms with Gasteiger partial charge in [-0.05, 0) is 50.1 Å². The van der Waals surface area contributed by atoms with Gasteiger partial charge in [0.2, 0.25) is 0 Å². The number of ether oxygens (including phenoxy) is 1. The number of amides is 1. The number of carbonyl (C=O) groups excluding carboxylic acids is 1. The van der Waals surface area contributed by atoms with Crippen molar-refractivity contribution in [1.29, 1.82) is 0 Å². The third-order valence-electron chi connectivity index (χ3n) is 4.13. The Morgan fingerprint density at radius 1 is 1.25 bits per heavy atom. The highest BCUT2D eigenvalue weighted by Gasteiger charge is 2.32. The van der Waals surface area contributed by atoms with Crippen LogP contribution in [0.1, 0.15) is 30.9 Å². The van der Waals surface area contributed by atoms with E-state index in [1.807, 2.05) is 44.2 Å². The molecule has 1 aliphatic heterocycles. The van der Waals surface area contributed by atoms with Crippen molar-refractivity contribution in [2.75, 3.05) is 6.54 Å². The van der Waals surface area contributed by atoms with Crippen LogP contribution >= 0.6 is 0 Å². The monoisotopic (exact) mass is 323 g/mol. The molecule has 0 spiro atoms. The number of nitrogens with zero attached hydrogens (tertiary/aromatic N) is 1. The molecule has 0 saturated heterocycles. The van der Waals surface area contributed by atoms with Gasteiger partial charge in [-0.15, -0.1) is 0 Å². The fraction of sp³-hybridized carbons (Fsp3) is 0.250. The molecule has 1 unspecified atom stereocenters. The van der Waals surface area contributed by atoms with Crippen molar-refractivity contribution in [1.82, 2.24) is 4.90 Å². The average molecular weight is 323 g/mol. The largest absolute Gasteiger partial charge is 0.464 e. The van der Waals surface area contributed by atoms with Gasteiger partial charge in [-0.2, -0.15) is 0 Å². The fourth-order valence-electron chi connectivity index (χ4n) is 2.79. The predicted molar refractivity (Wildman–Crippen MR) is 92.9 cm³/mol. The van der Waals surface area contributed by atoms with Crippen molar-refractivity contribution in [2.24, 2.45) is 0 Å². The first kappa shape index (κ1) is 16.1. The molecule has 124 valence electrons. The molecule has 1 aliphatic rings. The normalized spacial score (nSPS) is 17.3. The van der Waals surface area contributed by atoms with Gasteiger partial charge in [0, 0.05) is 6.54 Å². The molecule has 0 radical (unpaired) electrons. The van der Waals surface area contributed by atoms with E-state index in [-0.39, 0.29) is 12.1 Å². The second-order valence-electron chi connectivity index (χ2n) is 6.02. The third-order valence-corrected chi connectivity index (χ3v) is 4.13. The number of furan rings is 1. The molecule has 2 aromatic rings. The Hall–Kier alpha value is -2.75. The fourth-order valence-corrected chi connectivity index (χ4v) is 2.79. The molecule has 0 N–H and O–H groups in total. The highest BCUT2D eigenvalue weighted by Crippen LogP contribution is 2.33. The van der Waals surface area contributed by atoms with Gasteiger partial charge in [0.25, 0.3) is 0 Å². The van der Waals surface area contributed by atoms with Crippen LogP contribution in [0.25, 0.3) is 0 Å². The summed E-state index contributed by atoms with van der Waals surface area (Å²) in [7, 11) is 0. The third kappa shape index (κ3) is 3.43. The van der Waals surface area contributed by atoms with Gasteiger partial charge in [-0.25, -0.2) is 4.79 Å². The zero-order chi connectivity index (χ0) is 17.1. The van der Waals surface area contributed by atoms with E-state index in [0.29, 0.717) is 18.7 Å². The summed E-state index contributed by atoms with van der Waals surface area (Å²) in [4.78, 5) is 14.4. The minimum Gasteiger partial charge on any atom is -0.464 e. The summed E-state index contributed by atoms with van der Waals surface area (Å²) in [5, 5.41) is 0. The Labute approximate surface area is 142 Å². The summed E-state index contributed by atoms with van der Waals surface area (Å²) < 4.78 is 11.3. The van der Waals surface area contributed by atoms with Gasteiger partial charge in [-0.1, -0.05) is 36.4 Å². The number of para-hydroxylation sites is 1. The van der Waals surface area contributed by atoms with E-state index in [9.17, 15) is 4.79 Å². The van der Waals surface area contributed by atoms with Crippen molar-refractivity contribution in [3.8, 4) is 5.75 Å².